The summed E-state index contributed by atoms with van der Waals surface area (Å²) in [4.78, 5) is 48.3. The summed E-state index contributed by atoms with van der Waals surface area (Å²) in [6, 6.07) is 0. The number of ketones is 2. The van der Waals surface area contributed by atoms with Gasteiger partial charge in [0, 0.05) is 12.8 Å². The van der Waals surface area contributed by atoms with Crippen LogP contribution in [0, 0.1) is 0 Å². The summed E-state index contributed by atoms with van der Waals surface area (Å²) in [6.07, 6.45) is 38.5. The van der Waals surface area contributed by atoms with E-state index < -0.39 is 11.8 Å². The van der Waals surface area contributed by atoms with Crippen LogP contribution in [0.1, 0.15) is 232 Å². The maximum absolute atomic E-state index is 12.1. The standard InChI is InChI=1S/C40H75NO4/c1-3-5-7-9-11-13-15-17-19-21-23-25-27-29-31-33-37(42)35-39(44)41-40(45)36-38(43)34-32-30-28-26-24-22-20-18-16-14-12-10-8-6-4-2/h3-36H2,1-2H3,(H,41,44,45). The minimum atomic E-state index is -0.578. The fourth-order valence-electron chi connectivity index (χ4n) is 6.17. The third-order valence-corrected chi connectivity index (χ3v) is 9.11. The van der Waals surface area contributed by atoms with E-state index in [0.717, 1.165) is 38.5 Å². The highest BCUT2D eigenvalue weighted by Crippen LogP contribution is 2.15. The third-order valence-electron chi connectivity index (χ3n) is 9.11. The van der Waals surface area contributed by atoms with Crippen LogP contribution in [-0.4, -0.2) is 23.4 Å². The molecule has 0 bridgehead atoms. The molecule has 0 aromatic rings. The van der Waals surface area contributed by atoms with Crippen LogP contribution < -0.4 is 5.32 Å². The Morgan fingerprint density at radius 1 is 0.311 bits per heavy atom. The highest BCUT2D eigenvalue weighted by Gasteiger charge is 2.15. The zero-order valence-electron chi connectivity index (χ0n) is 30.2. The molecule has 5 nitrogen and oxygen atoms in total. The van der Waals surface area contributed by atoms with Crippen LogP contribution in [-0.2, 0) is 19.2 Å². The lowest BCUT2D eigenvalue weighted by atomic mass is 10.0. The lowest BCUT2D eigenvalue weighted by Crippen LogP contribution is -2.33. The van der Waals surface area contributed by atoms with Crippen molar-refractivity contribution in [2.24, 2.45) is 0 Å². The number of amides is 2. The van der Waals surface area contributed by atoms with Crippen LogP contribution in [0.15, 0.2) is 0 Å². The molecule has 1 N–H and O–H groups in total. The minimum absolute atomic E-state index is 0.126. The molecule has 0 atom stereocenters. The summed E-state index contributed by atoms with van der Waals surface area (Å²) >= 11 is 0. The van der Waals surface area contributed by atoms with E-state index in [1.807, 2.05) is 0 Å². The Balaban J connectivity index is 3.51. The summed E-state index contributed by atoms with van der Waals surface area (Å²) in [6.45, 7) is 4.53. The average molecular weight is 634 g/mol. The molecular formula is C40H75NO4. The van der Waals surface area contributed by atoms with E-state index in [-0.39, 0.29) is 24.4 Å². The topological polar surface area (TPSA) is 80.3 Å². The molecule has 0 rings (SSSR count). The quantitative estimate of drug-likeness (QED) is 0.0550. The fraction of sp³-hybridized carbons (Fsp3) is 0.900. The Labute approximate surface area is 279 Å². The van der Waals surface area contributed by atoms with E-state index in [1.54, 1.807) is 0 Å². The highest BCUT2D eigenvalue weighted by atomic mass is 16.2. The lowest BCUT2D eigenvalue weighted by Gasteiger charge is -2.05. The van der Waals surface area contributed by atoms with Crippen molar-refractivity contribution in [3.63, 3.8) is 0 Å². The molecule has 0 spiro atoms. The molecule has 0 heterocycles. The first-order chi connectivity index (χ1) is 22.0. The van der Waals surface area contributed by atoms with Crippen molar-refractivity contribution in [1.29, 1.82) is 0 Å². The van der Waals surface area contributed by atoms with Crippen molar-refractivity contribution in [3.8, 4) is 0 Å². The Morgan fingerprint density at radius 2 is 0.511 bits per heavy atom. The molecule has 0 radical (unpaired) electrons. The summed E-state index contributed by atoms with van der Waals surface area (Å²) < 4.78 is 0. The molecule has 0 aliphatic rings. The number of hydrogen-bond acceptors (Lipinski definition) is 4. The predicted octanol–water partition coefficient (Wildman–Crippen LogP) is 12.1. The molecule has 45 heavy (non-hydrogen) atoms. The maximum Gasteiger partial charge on any atom is 0.234 e. The van der Waals surface area contributed by atoms with Crippen molar-refractivity contribution >= 4 is 23.4 Å². The SMILES string of the molecule is CCCCCCCCCCCCCCCCCC(=O)CC(=O)NC(=O)CC(=O)CCCCCCCCCCCCCCCCC. The number of unbranched alkanes of at least 4 members (excludes halogenated alkanes) is 28. The Kier molecular flexibility index (Phi) is 34.1. The first-order valence-corrected chi connectivity index (χ1v) is 19.9. The van der Waals surface area contributed by atoms with Crippen molar-refractivity contribution in [2.45, 2.75) is 232 Å². The van der Waals surface area contributed by atoms with Crippen molar-refractivity contribution in [3.05, 3.63) is 0 Å². The third kappa shape index (κ3) is 35.2. The average Bonchev–Trinajstić information content (AvgIpc) is 3.00. The van der Waals surface area contributed by atoms with Gasteiger partial charge >= 0.3 is 0 Å². The maximum atomic E-state index is 12.1. The van der Waals surface area contributed by atoms with Gasteiger partial charge in [-0.15, -0.1) is 0 Å². The smallest absolute Gasteiger partial charge is 0.234 e. The van der Waals surface area contributed by atoms with Gasteiger partial charge in [-0.1, -0.05) is 194 Å². The van der Waals surface area contributed by atoms with Gasteiger partial charge in [-0.2, -0.15) is 0 Å². The highest BCUT2D eigenvalue weighted by molar-refractivity contribution is 6.08. The first kappa shape index (κ1) is 43.5. The van der Waals surface area contributed by atoms with Gasteiger partial charge in [0.25, 0.3) is 0 Å². The molecule has 0 aromatic carbocycles. The molecule has 2 amide bonds. The number of rotatable bonds is 36. The number of Topliss-reactive ketones (excluding diaryl/α,β-unsaturated/α-hetero) is 2. The fourth-order valence-corrected chi connectivity index (χ4v) is 6.17. The van der Waals surface area contributed by atoms with Gasteiger partial charge in [-0.3, -0.25) is 24.5 Å². The summed E-state index contributed by atoms with van der Waals surface area (Å²) in [5.74, 6) is -1.41. The van der Waals surface area contributed by atoms with Gasteiger partial charge in [0.15, 0.2) is 0 Å². The van der Waals surface area contributed by atoms with Crippen LogP contribution in [0.2, 0.25) is 0 Å². The van der Waals surface area contributed by atoms with E-state index in [0.29, 0.717) is 12.8 Å². The summed E-state index contributed by atoms with van der Waals surface area (Å²) in [7, 11) is 0. The van der Waals surface area contributed by atoms with Gasteiger partial charge in [-0.25, -0.2) is 0 Å². The van der Waals surface area contributed by atoms with E-state index in [9.17, 15) is 19.2 Å². The number of nitrogens with one attached hydrogen (secondary N) is 1. The van der Waals surface area contributed by atoms with Crippen molar-refractivity contribution in [1.82, 2.24) is 5.32 Å². The van der Waals surface area contributed by atoms with E-state index in [4.69, 9.17) is 0 Å². The van der Waals surface area contributed by atoms with E-state index in [2.05, 4.69) is 19.2 Å². The van der Waals surface area contributed by atoms with Crippen LogP contribution in [0.5, 0.6) is 0 Å². The Hall–Kier alpha value is -1.52. The predicted molar refractivity (Wildman–Crippen MR) is 191 cm³/mol. The molecule has 5 heteroatoms. The van der Waals surface area contributed by atoms with E-state index >= 15 is 0 Å². The van der Waals surface area contributed by atoms with Gasteiger partial charge in [0.1, 0.15) is 11.6 Å². The number of carbonyl (C=O) groups is 4. The molecule has 0 fully saturated rings. The molecule has 0 unspecified atom stereocenters. The second-order valence-corrected chi connectivity index (χ2v) is 13.8. The van der Waals surface area contributed by atoms with E-state index in [1.165, 1.54) is 154 Å². The molecule has 0 saturated heterocycles. The van der Waals surface area contributed by atoms with Crippen LogP contribution >= 0.6 is 0 Å². The van der Waals surface area contributed by atoms with Gasteiger partial charge in [-0.05, 0) is 12.8 Å². The first-order valence-electron chi connectivity index (χ1n) is 19.9. The van der Waals surface area contributed by atoms with Crippen LogP contribution in [0.4, 0.5) is 0 Å². The van der Waals surface area contributed by atoms with Gasteiger partial charge < -0.3 is 0 Å². The summed E-state index contributed by atoms with van der Waals surface area (Å²) in [5.41, 5.74) is 0. The molecule has 0 aliphatic carbocycles. The molecular weight excluding hydrogens is 558 g/mol. The minimum Gasteiger partial charge on any atom is -0.299 e. The van der Waals surface area contributed by atoms with Crippen LogP contribution in [0.25, 0.3) is 0 Å². The zero-order chi connectivity index (χ0) is 33.1. The number of carbonyl (C=O) groups excluding carboxylic acids is 4. The largest absolute Gasteiger partial charge is 0.299 e. The van der Waals surface area contributed by atoms with Crippen molar-refractivity contribution in [2.75, 3.05) is 0 Å². The molecule has 0 saturated carbocycles. The van der Waals surface area contributed by atoms with Crippen LogP contribution in [0.3, 0.4) is 0 Å². The number of imide groups is 1. The number of hydrogen-bond donors (Lipinski definition) is 1. The Bertz CT molecular complexity index is 646. The second kappa shape index (κ2) is 35.3. The molecule has 264 valence electrons. The van der Waals surface area contributed by atoms with Gasteiger partial charge in [0.2, 0.25) is 11.8 Å². The monoisotopic (exact) mass is 634 g/mol. The zero-order valence-corrected chi connectivity index (χ0v) is 30.2. The normalized spacial score (nSPS) is 11.2. The Morgan fingerprint density at radius 3 is 0.733 bits per heavy atom. The molecule has 0 aliphatic heterocycles. The molecule has 0 aromatic heterocycles. The van der Waals surface area contributed by atoms with Crippen molar-refractivity contribution < 1.29 is 19.2 Å². The summed E-state index contributed by atoms with van der Waals surface area (Å²) in [5, 5.41) is 2.23. The lowest BCUT2D eigenvalue weighted by molar-refractivity contribution is -0.134. The second-order valence-electron chi connectivity index (χ2n) is 13.8. The van der Waals surface area contributed by atoms with Gasteiger partial charge in [0.05, 0.1) is 12.8 Å².